The third-order valence-electron chi connectivity index (χ3n) is 1.82. The van der Waals surface area contributed by atoms with Crippen LogP contribution in [-0.4, -0.2) is 13.2 Å². The zero-order chi connectivity index (χ0) is 11.0. The zero-order valence-corrected chi connectivity index (χ0v) is 10.1. The molecule has 0 aromatic carbocycles. The maximum absolute atomic E-state index is 10.7. The average Bonchev–Trinajstić information content (AvgIpc) is 2.03. The first kappa shape index (κ1) is 13.5. The summed E-state index contributed by atoms with van der Waals surface area (Å²) < 4.78 is 15.8. The van der Waals surface area contributed by atoms with Gasteiger partial charge in [-0.25, -0.2) is 0 Å². The lowest BCUT2D eigenvalue weighted by atomic mass is 10.7. The van der Waals surface area contributed by atoms with Crippen molar-refractivity contribution >= 4 is 16.6 Å². The maximum atomic E-state index is 10.7. The molecule has 0 bridgehead atoms. The van der Waals surface area contributed by atoms with Crippen LogP contribution >= 0.6 is 8.25 Å². The number of rotatable bonds is 8. The van der Waals surface area contributed by atoms with Crippen LogP contribution < -0.4 is 0 Å². The van der Waals surface area contributed by atoms with Gasteiger partial charge in [-0.2, -0.15) is 4.21 Å². The van der Waals surface area contributed by atoms with Crippen molar-refractivity contribution in [2.24, 2.45) is 0 Å². The van der Waals surface area contributed by atoms with Crippen molar-refractivity contribution in [2.45, 2.75) is 18.1 Å². The average molecular weight is 231 g/mol. The SMILES string of the molecule is C=CC[Si](CC=C)(CC=C)O[P+](=O)O. The first-order valence-electron chi connectivity index (χ1n) is 4.28. The number of hydrogen-bond donors (Lipinski definition) is 1. The van der Waals surface area contributed by atoms with Gasteiger partial charge in [-0.05, 0) is 18.1 Å². The lowest BCUT2D eigenvalue weighted by Crippen LogP contribution is -2.33. The van der Waals surface area contributed by atoms with Crippen LogP contribution in [0.5, 0.6) is 0 Å². The summed E-state index contributed by atoms with van der Waals surface area (Å²) in [4.78, 5) is 8.79. The van der Waals surface area contributed by atoms with Gasteiger partial charge >= 0.3 is 8.25 Å². The molecule has 1 atom stereocenters. The van der Waals surface area contributed by atoms with Gasteiger partial charge in [-0.3, -0.25) is 0 Å². The quantitative estimate of drug-likeness (QED) is 0.396. The molecule has 0 aliphatic rings. The Morgan fingerprint density at radius 2 is 1.50 bits per heavy atom. The van der Waals surface area contributed by atoms with Crippen LogP contribution in [0.4, 0.5) is 0 Å². The fourth-order valence-electron chi connectivity index (χ4n) is 1.32. The first-order valence-corrected chi connectivity index (χ1v) is 7.94. The Hall–Kier alpha value is -0.543. The maximum Gasteiger partial charge on any atom is 0.682 e. The fraction of sp³-hybridized carbons (Fsp3) is 0.333. The summed E-state index contributed by atoms with van der Waals surface area (Å²) in [6.07, 6.45) is 5.16. The topological polar surface area (TPSA) is 46.5 Å². The molecule has 0 heterocycles. The molecule has 78 valence electrons. The Morgan fingerprint density at radius 1 is 1.14 bits per heavy atom. The van der Waals surface area contributed by atoms with E-state index in [0.29, 0.717) is 18.1 Å². The highest BCUT2D eigenvalue weighted by Gasteiger charge is 2.40. The molecule has 1 unspecified atom stereocenters. The van der Waals surface area contributed by atoms with Gasteiger partial charge in [0.25, 0.3) is 8.32 Å². The summed E-state index contributed by atoms with van der Waals surface area (Å²) in [5.41, 5.74) is 0. The summed E-state index contributed by atoms with van der Waals surface area (Å²) in [5, 5.41) is 0. The molecular formula is C9H16O3PSi+. The van der Waals surface area contributed by atoms with Gasteiger partial charge < -0.3 is 0 Å². The van der Waals surface area contributed by atoms with Gasteiger partial charge in [-0.1, -0.05) is 18.2 Å². The highest BCUT2D eigenvalue weighted by molar-refractivity contribution is 7.34. The Morgan fingerprint density at radius 3 is 1.71 bits per heavy atom. The largest absolute Gasteiger partial charge is 0.682 e. The Bertz CT molecular complexity index is 214. The van der Waals surface area contributed by atoms with Crippen LogP contribution in [0.3, 0.4) is 0 Å². The number of hydrogen-bond acceptors (Lipinski definition) is 2. The summed E-state index contributed by atoms with van der Waals surface area (Å²) in [6.45, 7) is 10.9. The standard InChI is InChI=1S/C9H15O3PSi/c1-4-7-14(8-5-2,9-6-3)12-13(10)11/h4-6H,1-3,7-9H2/p+1. The van der Waals surface area contributed by atoms with Gasteiger partial charge in [0.05, 0.1) is 0 Å². The van der Waals surface area contributed by atoms with Crippen molar-refractivity contribution in [1.82, 2.24) is 0 Å². The van der Waals surface area contributed by atoms with Gasteiger partial charge in [0.15, 0.2) is 0 Å². The molecule has 3 nitrogen and oxygen atoms in total. The van der Waals surface area contributed by atoms with E-state index in [0.717, 1.165) is 0 Å². The molecule has 0 fully saturated rings. The molecular weight excluding hydrogens is 215 g/mol. The van der Waals surface area contributed by atoms with E-state index < -0.39 is 16.6 Å². The fourth-order valence-corrected chi connectivity index (χ4v) is 5.61. The molecule has 0 radical (unpaired) electrons. The molecule has 0 spiro atoms. The molecule has 0 aliphatic carbocycles. The minimum Gasteiger partial charge on any atom is -0.174 e. The normalized spacial score (nSPS) is 11.9. The highest BCUT2D eigenvalue weighted by Crippen LogP contribution is 2.33. The summed E-state index contributed by atoms with van der Waals surface area (Å²) in [7, 11) is -4.80. The number of allylic oxidation sites excluding steroid dienone is 3. The minimum absolute atomic E-state index is 0.632. The molecule has 0 aromatic rings. The summed E-state index contributed by atoms with van der Waals surface area (Å²) >= 11 is 0. The van der Waals surface area contributed by atoms with Crippen molar-refractivity contribution in [3.63, 3.8) is 0 Å². The van der Waals surface area contributed by atoms with Crippen molar-refractivity contribution in [3.8, 4) is 0 Å². The molecule has 0 aliphatic heterocycles. The van der Waals surface area contributed by atoms with Gasteiger partial charge in [0.1, 0.15) is 0 Å². The molecule has 0 saturated heterocycles. The Labute approximate surface area is 86.9 Å². The van der Waals surface area contributed by atoms with E-state index in [2.05, 4.69) is 19.7 Å². The smallest absolute Gasteiger partial charge is 0.174 e. The molecule has 0 amide bonds. The molecule has 0 aromatic heterocycles. The van der Waals surface area contributed by atoms with Crippen LogP contribution in [0.2, 0.25) is 18.1 Å². The van der Waals surface area contributed by atoms with Crippen LogP contribution in [0, 0.1) is 0 Å². The molecule has 1 N–H and O–H groups in total. The lowest BCUT2D eigenvalue weighted by molar-refractivity contribution is 0.405. The second kappa shape index (κ2) is 6.84. The van der Waals surface area contributed by atoms with Crippen LogP contribution in [0.25, 0.3) is 0 Å². The van der Waals surface area contributed by atoms with Crippen molar-refractivity contribution in [1.29, 1.82) is 0 Å². The molecule has 0 saturated carbocycles. The Balaban J connectivity index is 4.69. The minimum atomic E-state index is -2.55. The van der Waals surface area contributed by atoms with Crippen LogP contribution in [0.1, 0.15) is 0 Å². The Kier molecular flexibility index (Phi) is 6.58. The first-order chi connectivity index (χ1) is 6.60. The zero-order valence-electron chi connectivity index (χ0n) is 8.19. The van der Waals surface area contributed by atoms with E-state index in [1.54, 1.807) is 18.2 Å². The summed E-state index contributed by atoms with van der Waals surface area (Å²) in [5.74, 6) is 0. The van der Waals surface area contributed by atoms with E-state index in [-0.39, 0.29) is 0 Å². The third-order valence-corrected chi connectivity index (χ3v) is 7.09. The van der Waals surface area contributed by atoms with E-state index in [1.165, 1.54) is 0 Å². The van der Waals surface area contributed by atoms with E-state index in [9.17, 15) is 4.57 Å². The molecule has 5 heteroatoms. The predicted molar refractivity (Wildman–Crippen MR) is 61.7 cm³/mol. The van der Waals surface area contributed by atoms with Crippen molar-refractivity contribution in [2.75, 3.05) is 0 Å². The molecule has 14 heavy (non-hydrogen) atoms. The molecule has 0 rings (SSSR count). The predicted octanol–water partition coefficient (Wildman–Crippen LogP) is 3.16. The van der Waals surface area contributed by atoms with Gasteiger partial charge in [0, 0.05) is 4.57 Å². The van der Waals surface area contributed by atoms with Crippen LogP contribution in [0.15, 0.2) is 38.0 Å². The third kappa shape index (κ3) is 4.63. The lowest BCUT2D eigenvalue weighted by Gasteiger charge is -2.19. The second-order valence-electron chi connectivity index (χ2n) is 2.99. The van der Waals surface area contributed by atoms with Crippen molar-refractivity contribution < 1.29 is 13.7 Å². The van der Waals surface area contributed by atoms with Gasteiger partial charge in [-0.15, -0.1) is 24.6 Å². The summed E-state index contributed by atoms with van der Waals surface area (Å²) in [6, 6.07) is 1.89. The monoisotopic (exact) mass is 231 g/mol. The van der Waals surface area contributed by atoms with Crippen molar-refractivity contribution in [3.05, 3.63) is 38.0 Å². The van der Waals surface area contributed by atoms with E-state index in [4.69, 9.17) is 9.11 Å². The second-order valence-corrected chi connectivity index (χ2v) is 7.79. The highest BCUT2D eigenvalue weighted by atomic mass is 31.1. The van der Waals surface area contributed by atoms with E-state index in [1.807, 2.05) is 0 Å². The van der Waals surface area contributed by atoms with Crippen LogP contribution in [-0.2, 0) is 8.78 Å². The van der Waals surface area contributed by atoms with Gasteiger partial charge in [0.2, 0.25) is 0 Å². The van der Waals surface area contributed by atoms with E-state index >= 15 is 0 Å².